The molecule has 6 nitrogen and oxygen atoms in total. The molecule has 0 bridgehead atoms. The second kappa shape index (κ2) is 9.79. The molecule has 0 aliphatic rings. The molecular weight excluding hydrogens is 354 g/mol. The Balaban J connectivity index is 0.00000338. The van der Waals surface area contributed by atoms with Crippen LogP contribution >= 0.6 is 12.4 Å². The van der Waals surface area contributed by atoms with Crippen molar-refractivity contribution in [3.8, 4) is 5.75 Å². The van der Waals surface area contributed by atoms with Crippen LogP contribution in [0.25, 0.3) is 0 Å². The first-order valence-corrected chi connectivity index (χ1v) is 7.99. The first-order chi connectivity index (χ1) is 12.0. The van der Waals surface area contributed by atoms with Crippen molar-refractivity contribution in [3.05, 3.63) is 59.7 Å². The maximum atomic E-state index is 12.6. The summed E-state index contributed by atoms with van der Waals surface area (Å²) in [5, 5.41) is 5.36. The van der Waals surface area contributed by atoms with Crippen molar-refractivity contribution >= 4 is 29.9 Å². The molecule has 0 saturated carbocycles. The van der Waals surface area contributed by atoms with Crippen molar-refractivity contribution in [3.63, 3.8) is 0 Å². The van der Waals surface area contributed by atoms with Gasteiger partial charge in [-0.15, -0.1) is 12.4 Å². The number of nitrogens with one attached hydrogen (secondary N) is 2. The van der Waals surface area contributed by atoms with Gasteiger partial charge < -0.3 is 21.1 Å². The minimum absolute atomic E-state index is 0. The molecule has 2 unspecified atom stereocenters. The van der Waals surface area contributed by atoms with Gasteiger partial charge in [0.25, 0.3) is 5.91 Å². The minimum atomic E-state index is -0.462. The minimum Gasteiger partial charge on any atom is -0.495 e. The second-order valence-corrected chi connectivity index (χ2v) is 5.71. The molecule has 0 aliphatic heterocycles. The van der Waals surface area contributed by atoms with E-state index in [4.69, 9.17) is 10.5 Å². The van der Waals surface area contributed by atoms with Gasteiger partial charge in [-0.25, -0.2) is 0 Å². The summed E-state index contributed by atoms with van der Waals surface area (Å²) in [6.45, 7) is 1.77. The Bertz CT molecular complexity index is 753. The van der Waals surface area contributed by atoms with E-state index in [0.717, 1.165) is 5.56 Å². The monoisotopic (exact) mass is 377 g/mol. The molecule has 4 N–H and O–H groups in total. The Kier molecular flexibility index (Phi) is 8.09. The van der Waals surface area contributed by atoms with E-state index < -0.39 is 12.0 Å². The first kappa shape index (κ1) is 21.5. The zero-order valence-corrected chi connectivity index (χ0v) is 15.8. The lowest BCUT2D eigenvalue weighted by molar-refractivity contribution is -0.120. The van der Waals surface area contributed by atoms with Gasteiger partial charge in [0.15, 0.2) is 0 Å². The largest absolute Gasteiger partial charge is 0.495 e. The third-order valence-electron chi connectivity index (χ3n) is 4.08. The van der Waals surface area contributed by atoms with E-state index in [1.807, 2.05) is 30.3 Å². The van der Waals surface area contributed by atoms with Crippen LogP contribution in [0.5, 0.6) is 5.75 Å². The molecule has 0 aliphatic carbocycles. The summed E-state index contributed by atoms with van der Waals surface area (Å²) >= 11 is 0. The Labute approximate surface area is 159 Å². The maximum Gasteiger partial charge on any atom is 0.251 e. The standard InChI is InChI=1S/C19H23N3O3.ClH/c1-12(17(20)13-7-5-4-6-8-13)18(23)22-15-11-14(19(24)21-2)9-10-16(15)25-3;/h4-12,17H,20H2,1-3H3,(H,21,24)(H,22,23);1H. The van der Waals surface area contributed by atoms with E-state index in [9.17, 15) is 9.59 Å². The fraction of sp³-hybridized carbons (Fsp3) is 0.263. The summed E-state index contributed by atoms with van der Waals surface area (Å²) in [7, 11) is 3.05. The van der Waals surface area contributed by atoms with Crippen molar-refractivity contribution in [2.45, 2.75) is 13.0 Å². The van der Waals surface area contributed by atoms with Crippen LogP contribution in [-0.2, 0) is 4.79 Å². The van der Waals surface area contributed by atoms with Gasteiger partial charge in [0.05, 0.1) is 18.7 Å². The lowest BCUT2D eigenvalue weighted by atomic mass is 9.94. The molecule has 2 aromatic rings. The molecule has 140 valence electrons. The third kappa shape index (κ3) is 4.97. The summed E-state index contributed by atoms with van der Waals surface area (Å²) in [4.78, 5) is 24.4. The summed E-state index contributed by atoms with van der Waals surface area (Å²) < 4.78 is 5.26. The Morgan fingerprint density at radius 3 is 2.35 bits per heavy atom. The number of methoxy groups -OCH3 is 1. The van der Waals surface area contributed by atoms with E-state index in [1.54, 1.807) is 32.2 Å². The second-order valence-electron chi connectivity index (χ2n) is 5.71. The van der Waals surface area contributed by atoms with Crippen LogP contribution < -0.4 is 21.1 Å². The van der Waals surface area contributed by atoms with Gasteiger partial charge in [-0.1, -0.05) is 37.3 Å². The molecule has 2 aromatic carbocycles. The van der Waals surface area contributed by atoms with Crippen LogP contribution in [0.3, 0.4) is 0 Å². The van der Waals surface area contributed by atoms with Crippen molar-refractivity contribution in [1.82, 2.24) is 5.32 Å². The highest BCUT2D eigenvalue weighted by molar-refractivity contribution is 5.99. The number of carbonyl (C=O) groups excluding carboxylic acids is 2. The lowest BCUT2D eigenvalue weighted by Crippen LogP contribution is -2.30. The van der Waals surface area contributed by atoms with Gasteiger partial charge in [-0.05, 0) is 23.8 Å². The van der Waals surface area contributed by atoms with Gasteiger partial charge >= 0.3 is 0 Å². The van der Waals surface area contributed by atoms with Gasteiger partial charge in [-0.3, -0.25) is 9.59 Å². The van der Waals surface area contributed by atoms with Gasteiger partial charge in [0.2, 0.25) is 5.91 Å². The fourth-order valence-corrected chi connectivity index (χ4v) is 2.46. The number of anilines is 1. The summed E-state index contributed by atoms with van der Waals surface area (Å²) in [5.74, 6) is -0.479. The lowest BCUT2D eigenvalue weighted by Gasteiger charge is -2.20. The van der Waals surface area contributed by atoms with Crippen LogP contribution in [0.2, 0.25) is 0 Å². The van der Waals surface area contributed by atoms with E-state index in [1.165, 1.54) is 7.11 Å². The topological polar surface area (TPSA) is 93.5 Å². The number of benzene rings is 2. The highest BCUT2D eigenvalue weighted by Gasteiger charge is 2.23. The summed E-state index contributed by atoms with van der Waals surface area (Å²) in [6.07, 6.45) is 0. The SMILES string of the molecule is CNC(=O)c1ccc(OC)c(NC(=O)C(C)C(N)c2ccccc2)c1.Cl. The van der Waals surface area contributed by atoms with Crippen LogP contribution in [0, 0.1) is 5.92 Å². The number of amides is 2. The zero-order chi connectivity index (χ0) is 18.4. The number of ether oxygens (including phenoxy) is 1. The molecule has 0 heterocycles. The third-order valence-corrected chi connectivity index (χ3v) is 4.08. The number of carbonyl (C=O) groups is 2. The highest BCUT2D eigenvalue weighted by Crippen LogP contribution is 2.27. The molecule has 7 heteroatoms. The average Bonchev–Trinajstić information content (AvgIpc) is 2.66. The van der Waals surface area contributed by atoms with Crippen LogP contribution in [0.1, 0.15) is 28.9 Å². The molecule has 26 heavy (non-hydrogen) atoms. The number of hydrogen-bond donors (Lipinski definition) is 3. The van der Waals surface area contributed by atoms with Crippen molar-refractivity contribution in [1.29, 1.82) is 0 Å². The molecular formula is C19H24ClN3O3. The van der Waals surface area contributed by atoms with Crippen LogP contribution in [0.4, 0.5) is 5.69 Å². The van der Waals surface area contributed by atoms with Crippen molar-refractivity contribution in [2.24, 2.45) is 11.7 Å². The number of nitrogens with two attached hydrogens (primary N) is 1. The van der Waals surface area contributed by atoms with Crippen molar-refractivity contribution < 1.29 is 14.3 Å². The van der Waals surface area contributed by atoms with Crippen LogP contribution in [-0.4, -0.2) is 26.0 Å². The fourth-order valence-electron chi connectivity index (χ4n) is 2.46. The number of hydrogen-bond acceptors (Lipinski definition) is 4. The number of rotatable bonds is 6. The van der Waals surface area contributed by atoms with Crippen LogP contribution in [0.15, 0.2) is 48.5 Å². The van der Waals surface area contributed by atoms with E-state index in [0.29, 0.717) is 17.0 Å². The Morgan fingerprint density at radius 2 is 1.77 bits per heavy atom. The molecule has 0 aromatic heterocycles. The normalized spacial score (nSPS) is 12.3. The van der Waals surface area contributed by atoms with Gasteiger partial charge in [0.1, 0.15) is 5.75 Å². The van der Waals surface area contributed by atoms with E-state index >= 15 is 0 Å². The molecule has 0 saturated heterocycles. The molecule has 0 radical (unpaired) electrons. The number of halogens is 1. The van der Waals surface area contributed by atoms with Crippen molar-refractivity contribution in [2.75, 3.05) is 19.5 Å². The molecule has 0 fully saturated rings. The summed E-state index contributed by atoms with van der Waals surface area (Å²) in [6, 6.07) is 13.9. The maximum absolute atomic E-state index is 12.6. The summed E-state index contributed by atoms with van der Waals surface area (Å²) in [5.41, 5.74) is 7.95. The predicted molar refractivity (Wildman–Crippen MR) is 105 cm³/mol. The molecule has 0 spiro atoms. The molecule has 2 rings (SSSR count). The first-order valence-electron chi connectivity index (χ1n) is 7.99. The quantitative estimate of drug-likeness (QED) is 0.721. The molecule has 2 atom stereocenters. The highest BCUT2D eigenvalue weighted by atomic mass is 35.5. The average molecular weight is 378 g/mol. The predicted octanol–water partition coefficient (Wildman–Crippen LogP) is 2.75. The Hall–Kier alpha value is -2.57. The van der Waals surface area contributed by atoms with E-state index in [-0.39, 0.29) is 24.2 Å². The van der Waals surface area contributed by atoms with Gasteiger partial charge in [0, 0.05) is 18.7 Å². The smallest absolute Gasteiger partial charge is 0.251 e. The Morgan fingerprint density at radius 1 is 1.12 bits per heavy atom. The molecule has 2 amide bonds. The van der Waals surface area contributed by atoms with E-state index in [2.05, 4.69) is 10.6 Å². The van der Waals surface area contributed by atoms with Gasteiger partial charge in [-0.2, -0.15) is 0 Å². The zero-order valence-electron chi connectivity index (χ0n) is 15.0.